The molecule has 0 amide bonds. The van der Waals surface area contributed by atoms with Gasteiger partial charge in [0, 0.05) is 0 Å². The Balaban J connectivity index is 2.33. The molecule has 0 aromatic carbocycles. The van der Waals surface area contributed by atoms with Gasteiger partial charge in [0.1, 0.15) is 0 Å². The highest BCUT2D eigenvalue weighted by molar-refractivity contribution is 5.75. The van der Waals surface area contributed by atoms with Gasteiger partial charge in [-0.3, -0.25) is 0 Å². The minimum absolute atomic E-state index is 0.0874. The van der Waals surface area contributed by atoms with Crippen molar-refractivity contribution in [1.29, 1.82) is 0 Å². The fourth-order valence-corrected chi connectivity index (χ4v) is 1.06. The first kappa shape index (κ1) is 9.48. The van der Waals surface area contributed by atoms with E-state index in [4.69, 9.17) is 0 Å². The van der Waals surface area contributed by atoms with Crippen molar-refractivity contribution < 1.29 is 19.7 Å². The van der Waals surface area contributed by atoms with Crippen molar-refractivity contribution >= 4 is 5.97 Å². The molecule has 0 radical (unpaired) electrons. The maximum Gasteiger partial charge on any atom is 0.337 e. The second-order valence-corrected chi connectivity index (χ2v) is 3.02. The van der Waals surface area contributed by atoms with Gasteiger partial charge in [0.2, 0.25) is 0 Å². The maximum absolute atomic E-state index is 10.9. The van der Waals surface area contributed by atoms with Crippen molar-refractivity contribution in [3.63, 3.8) is 0 Å². The molecule has 70 valence electrons. The SMILES string of the molecule is CCOC(=O)[C@@H](O)[C@H](O)C1CC1. The summed E-state index contributed by atoms with van der Waals surface area (Å²) in [5, 5.41) is 18.5. The maximum atomic E-state index is 10.9. The molecule has 1 aliphatic carbocycles. The summed E-state index contributed by atoms with van der Waals surface area (Å²) in [5.74, 6) is -0.638. The molecule has 0 aromatic heterocycles. The molecular formula is C8H14O4. The van der Waals surface area contributed by atoms with E-state index in [1.807, 2.05) is 0 Å². The zero-order chi connectivity index (χ0) is 9.14. The first-order valence-electron chi connectivity index (χ1n) is 4.19. The second-order valence-electron chi connectivity index (χ2n) is 3.02. The number of aliphatic hydroxyl groups is 2. The molecule has 2 N–H and O–H groups in total. The highest BCUT2D eigenvalue weighted by Gasteiger charge is 2.38. The summed E-state index contributed by atoms with van der Waals surface area (Å²) in [5.41, 5.74) is 0. The first-order chi connectivity index (χ1) is 5.66. The largest absolute Gasteiger partial charge is 0.464 e. The topological polar surface area (TPSA) is 66.8 Å². The fraction of sp³-hybridized carbons (Fsp3) is 0.875. The van der Waals surface area contributed by atoms with Gasteiger partial charge in [0.25, 0.3) is 0 Å². The molecule has 0 spiro atoms. The minimum Gasteiger partial charge on any atom is -0.464 e. The van der Waals surface area contributed by atoms with Crippen LogP contribution in [0.25, 0.3) is 0 Å². The molecular weight excluding hydrogens is 160 g/mol. The van der Waals surface area contributed by atoms with Gasteiger partial charge in [-0.05, 0) is 25.7 Å². The molecule has 1 fully saturated rings. The molecule has 0 unspecified atom stereocenters. The lowest BCUT2D eigenvalue weighted by Gasteiger charge is -2.14. The van der Waals surface area contributed by atoms with E-state index >= 15 is 0 Å². The van der Waals surface area contributed by atoms with Gasteiger partial charge in [0.05, 0.1) is 12.7 Å². The molecule has 1 aliphatic rings. The van der Waals surface area contributed by atoms with E-state index in [0.29, 0.717) is 0 Å². The van der Waals surface area contributed by atoms with Gasteiger partial charge in [-0.25, -0.2) is 4.79 Å². The van der Waals surface area contributed by atoms with E-state index in [1.165, 1.54) is 0 Å². The fourth-order valence-electron chi connectivity index (χ4n) is 1.06. The van der Waals surface area contributed by atoms with Crippen LogP contribution in [0.4, 0.5) is 0 Å². The van der Waals surface area contributed by atoms with E-state index in [9.17, 15) is 15.0 Å². The van der Waals surface area contributed by atoms with Gasteiger partial charge in [-0.2, -0.15) is 0 Å². The molecule has 1 rings (SSSR count). The first-order valence-corrected chi connectivity index (χ1v) is 4.19. The molecule has 1 saturated carbocycles. The standard InChI is InChI=1S/C8H14O4/c1-2-12-8(11)7(10)6(9)5-3-4-5/h5-7,9-10H,2-4H2,1H3/t6-,7+/m1/s1. The van der Waals surface area contributed by atoms with Crippen LogP contribution in [-0.4, -0.2) is 35.0 Å². The van der Waals surface area contributed by atoms with Gasteiger partial charge < -0.3 is 14.9 Å². The quantitative estimate of drug-likeness (QED) is 0.573. The average Bonchev–Trinajstić information content (AvgIpc) is 2.84. The Morgan fingerprint density at radius 3 is 2.58 bits per heavy atom. The number of hydrogen-bond acceptors (Lipinski definition) is 4. The highest BCUT2D eigenvalue weighted by atomic mass is 16.5. The Morgan fingerprint density at radius 1 is 1.58 bits per heavy atom. The number of hydrogen-bond donors (Lipinski definition) is 2. The van der Waals surface area contributed by atoms with E-state index in [-0.39, 0.29) is 12.5 Å². The molecule has 2 atom stereocenters. The zero-order valence-corrected chi connectivity index (χ0v) is 7.06. The molecule has 4 heteroatoms. The Hall–Kier alpha value is -0.610. The zero-order valence-electron chi connectivity index (χ0n) is 7.06. The van der Waals surface area contributed by atoms with E-state index in [2.05, 4.69) is 4.74 Å². The summed E-state index contributed by atoms with van der Waals surface area (Å²) in [6, 6.07) is 0. The smallest absolute Gasteiger partial charge is 0.337 e. The Bertz CT molecular complexity index is 164. The number of aliphatic hydroxyl groups excluding tert-OH is 2. The number of carbonyl (C=O) groups is 1. The third-order valence-electron chi connectivity index (χ3n) is 1.96. The molecule has 4 nitrogen and oxygen atoms in total. The van der Waals surface area contributed by atoms with Crippen LogP contribution in [0.2, 0.25) is 0 Å². The van der Waals surface area contributed by atoms with Crippen LogP contribution in [0.5, 0.6) is 0 Å². The van der Waals surface area contributed by atoms with E-state index in [1.54, 1.807) is 6.92 Å². The monoisotopic (exact) mass is 174 g/mol. The molecule has 0 aromatic rings. The van der Waals surface area contributed by atoms with Gasteiger partial charge >= 0.3 is 5.97 Å². The molecule has 0 saturated heterocycles. The number of rotatable bonds is 4. The van der Waals surface area contributed by atoms with Gasteiger partial charge in [0.15, 0.2) is 6.10 Å². The molecule has 0 heterocycles. The van der Waals surface area contributed by atoms with E-state index in [0.717, 1.165) is 12.8 Å². The summed E-state index contributed by atoms with van der Waals surface area (Å²) >= 11 is 0. The summed E-state index contributed by atoms with van der Waals surface area (Å²) in [4.78, 5) is 10.9. The summed E-state index contributed by atoms with van der Waals surface area (Å²) in [6.45, 7) is 1.89. The normalized spacial score (nSPS) is 21.6. The highest BCUT2D eigenvalue weighted by Crippen LogP contribution is 2.34. The molecule has 0 aliphatic heterocycles. The lowest BCUT2D eigenvalue weighted by atomic mass is 10.1. The third-order valence-corrected chi connectivity index (χ3v) is 1.96. The summed E-state index contributed by atoms with van der Waals surface area (Å²) < 4.78 is 4.55. The Kier molecular flexibility index (Phi) is 3.05. The van der Waals surface area contributed by atoms with Gasteiger partial charge in [-0.1, -0.05) is 0 Å². The van der Waals surface area contributed by atoms with Crippen LogP contribution >= 0.6 is 0 Å². The summed E-state index contributed by atoms with van der Waals surface area (Å²) in [7, 11) is 0. The van der Waals surface area contributed by atoms with E-state index < -0.39 is 18.2 Å². The minimum atomic E-state index is -1.36. The average molecular weight is 174 g/mol. The predicted octanol–water partition coefficient (Wildman–Crippen LogP) is -0.319. The van der Waals surface area contributed by atoms with Crippen LogP contribution in [0, 0.1) is 5.92 Å². The van der Waals surface area contributed by atoms with Crippen molar-refractivity contribution in [2.75, 3.05) is 6.61 Å². The van der Waals surface area contributed by atoms with Crippen molar-refractivity contribution in [3.05, 3.63) is 0 Å². The number of carbonyl (C=O) groups excluding carboxylic acids is 1. The molecule has 0 bridgehead atoms. The second kappa shape index (κ2) is 3.87. The molecule has 12 heavy (non-hydrogen) atoms. The lowest BCUT2D eigenvalue weighted by Crippen LogP contribution is -2.36. The van der Waals surface area contributed by atoms with Crippen LogP contribution in [-0.2, 0) is 9.53 Å². The van der Waals surface area contributed by atoms with Crippen molar-refractivity contribution in [1.82, 2.24) is 0 Å². The van der Waals surface area contributed by atoms with Crippen LogP contribution in [0.15, 0.2) is 0 Å². The summed E-state index contributed by atoms with van der Waals surface area (Å²) in [6.07, 6.45) is -0.531. The number of esters is 1. The number of ether oxygens (including phenoxy) is 1. The van der Waals surface area contributed by atoms with Crippen LogP contribution in [0.3, 0.4) is 0 Å². The van der Waals surface area contributed by atoms with Crippen molar-refractivity contribution in [2.24, 2.45) is 5.92 Å². The third kappa shape index (κ3) is 2.19. The predicted molar refractivity (Wildman–Crippen MR) is 41.4 cm³/mol. The van der Waals surface area contributed by atoms with Crippen molar-refractivity contribution in [2.45, 2.75) is 32.0 Å². The lowest BCUT2D eigenvalue weighted by molar-refractivity contribution is -0.159. The van der Waals surface area contributed by atoms with Crippen molar-refractivity contribution in [3.8, 4) is 0 Å². The Labute approximate surface area is 71.2 Å². The van der Waals surface area contributed by atoms with Gasteiger partial charge in [-0.15, -0.1) is 0 Å². The van der Waals surface area contributed by atoms with Crippen LogP contribution < -0.4 is 0 Å². The van der Waals surface area contributed by atoms with Crippen LogP contribution in [0.1, 0.15) is 19.8 Å². The Morgan fingerprint density at radius 2 is 2.17 bits per heavy atom.